The SMILES string of the molecule is CC(C)N(CCC(=O)O)CC1CC2CCC1C2. The summed E-state index contributed by atoms with van der Waals surface area (Å²) < 4.78 is 0. The number of fused-ring (bicyclic) bond motifs is 2. The molecule has 0 amide bonds. The number of carbonyl (C=O) groups is 1. The monoisotopic (exact) mass is 239 g/mol. The number of carboxylic acids is 1. The Kier molecular flexibility index (Phi) is 4.08. The highest BCUT2D eigenvalue weighted by Crippen LogP contribution is 2.48. The third-order valence-corrected chi connectivity index (χ3v) is 4.70. The number of nitrogens with zero attached hydrogens (tertiary/aromatic N) is 1. The molecule has 0 spiro atoms. The first kappa shape index (κ1) is 12.9. The molecule has 3 nitrogen and oxygen atoms in total. The van der Waals surface area contributed by atoms with Gasteiger partial charge in [-0.05, 0) is 50.9 Å². The lowest BCUT2D eigenvalue weighted by Crippen LogP contribution is -2.38. The van der Waals surface area contributed by atoms with E-state index in [1.807, 2.05) is 0 Å². The maximum atomic E-state index is 10.7. The highest BCUT2D eigenvalue weighted by Gasteiger charge is 2.40. The Balaban J connectivity index is 1.83. The second-order valence-electron chi connectivity index (χ2n) is 6.17. The predicted molar refractivity (Wildman–Crippen MR) is 67.9 cm³/mol. The van der Waals surface area contributed by atoms with Gasteiger partial charge >= 0.3 is 5.97 Å². The Bertz CT molecular complexity index is 277. The lowest BCUT2D eigenvalue weighted by molar-refractivity contribution is -0.137. The van der Waals surface area contributed by atoms with E-state index in [4.69, 9.17) is 5.11 Å². The predicted octanol–water partition coefficient (Wildman–Crippen LogP) is 2.61. The molecule has 98 valence electrons. The molecule has 1 N–H and O–H groups in total. The molecular formula is C14H25NO2. The smallest absolute Gasteiger partial charge is 0.304 e. The van der Waals surface area contributed by atoms with Gasteiger partial charge in [0.1, 0.15) is 0 Å². The first-order chi connectivity index (χ1) is 8.06. The molecule has 3 heteroatoms. The summed E-state index contributed by atoms with van der Waals surface area (Å²) in [5, 5.41) is 8.78. The molecule has 0 aromatic carbocycles. The van der Waals surface area contributed by atoms with Gasteiger partial charge in [-0.15, -0.1) is 0 Å². The summed E-state index contributed by atoms with van der Waals surface area (Å²) in [5.74, 6) is 2.08. The number of hydrogen-bond donors (Lipinski definition) is 1. The zero-order chi connectivity index (χ0) is 12.4. The van der Waals surface area contributed by atoms with Crippen molar-refractivity contribution in [3.05, 3.63) is 0 Å². The Morgan fingerprint density at radius 3 is 2.59 bits per heavy atom. The minimum Gasteiger partial charge on any atom is -0.481 e. The standard InChI is InChI=1S/C14H25NO2/c1-10(2)15(6-5-14(16)17)9-13-8-11-3-4-12(13)7-11/h10-13H,3-9H2,1-2H3,(H,16,17). The number of rotatable bonds is 6. The fourth-order valence-electron chi connectivity index (χ4n) is 3.70. The summed E-state index contributed by atoms with van der Waals surface area (Å²) in [6.07, 6.45) is 5.97. The van der Waals surface area contributed by atoms with Gasteiger partial charge in [0, 0.05) is 19.1 Å². The van der Waals surface area contributed by atoms with Gasteiger partial charge in [-0.2, -0.15) is 0 Å². The van der Waals surface area contributed by atoms with Crippen LogP contribution in [-0.2, 0) is 4.79 Å². The van der Waals surface area contributed by atoms with Gasteiger partial charge in [-0.1, -0.05) is 6.42 Å². The Labute approximate surface area is 104 Å². The second-order valence-corrected chi connectivity index (χ2v) is 6.17. The van der Waals surface area contributed by atoms with E-state index in [-0.39, 0.29) is 6.42 Å². The third kappa shape index (κ3) is 3.21. The van der Waals surface area contributed by atoms with Crippen LogP contribution in [-0.4, -0.2) is 35.1 Å². The van der Waals surface area contributed by atoms with Crippen molar-refractivity contribution in [2.75, 3.05) is 13.1 Å². The Hall–Kier alpha value is -0.570. The number of hydrogen-bond acceptors (Lipinski definition) is 2. The van der Waals surface area contributed by atoms with Crippen molar-refractivity contribution in [1.29, 1.82) is 0 Å². The molecule has 0 aromatic heterocycles. The van der Waals surface area contributed by atoms with Crippen LogP contribution >= 0.6 is 0 Å². The lowest BCUT2D eigenvalue weighted by Gasteiger charge is -2.32. The van der Waals surface area contributed by atoms with Crippen LogP contribution in [0.3, 0.4) is 0 Å². The molecule has 0 radical (unpaired) electrons. The minimum atomic E-state index is -0.677. The molecule has 2 bridgehead atoms. The summed E-state index contributed by atoms with van der Waals surface area (Å²) in [6.45, 7) is 6.18. The van der Waals surface area contributed by atoms with Crippen LogP contribution in [0.25, 0.3) is 0 Å². The highest BCUT2D eigenvalue weighted by atomic mass is 16.4. The lowest BCUT2D eigenvalue weighted by atomic mass is 9.88. The second kappa shape index (κ2) is 5.38. The molecule has 0 saturated heterocycles. The van der Waals surface area contributed by atoms with Crippen molar-refractivity contribution in [1.82, 2.24) is 4.90 Å². The third-order valence-electron chi connectivity index (χ3n) is 4.70. The molecule has 3 atom stereocenters. The number of carboxylic acid groups (broad SMARTS) is 1. The highest BCUT2D eigenvalue weighted by molar-refractivity contribution is 5.66. The molecule has 0 aromatic rings. The number of aliphatic carboxylic acids is 1. The van der Waals surface area contributed by atoms with E-state index in [9.17, 15) is 4.79 Å². The van der Waals surface area contributed by atoms with Crippen LogP contribution in [0.5, 0.6) is 0 Å². The van der Waals surface area contributed by atoms with E-state index < -0.39 is 5.97 Å². The van der Waals surface area contributed by atoms with E-state index in [0.29, 0.717) is 12.6 Å². The molecular weight excluding hydrogens is 214 g/mol. The fourth-order valence-corrected chi connectivity index (χ4v) is 3.70. The zero-order valence-electron chi connectivity index (χ0n) is 11.1. The normalized spacial score (nSPS) is 31.6. The Morgan fingerprint density at radius 1 is 1.35 bits per heavy atom. The topological polar surface area (TPSA) is 40.5 Å². The average molecular weight is 239 g/mol. The minimum absolute atomic E-state index is 0.277. The Morgan fingerprint density at radius 2 is 2.12 bits per heavy atom. The van der Waals surface area contributed by atoms with Gasteiger partial charge in [-0.25, -0.2) is 0 Å². The molecule has 3 unspecified atom stereocenters. The molecule has 2 aliphatic rings. The van der Waals surface area contributed by atoms with Crippen molar-refractivity contribution in [2.45, 2.75) is 52.0 Å². The average Bonchev–Trinajstić information content (AvgIpc) is 2.84. The molecule has 17 heavy (non-hydrogen) atoms. The van der Waals surface area contributed by atoms with E-state index in [1.165, 1.54) is 25.7 Å². The van der Waals surface area contributed by atoms with Crippen molar-refractivity contribution >= 4 is 5.97 Å². The van der Waals surface area contributed by atoms with Crippen molar-refractivity contribution in [3.63, 3.8) is 0 Å². The summed E-state index contributed by atoms with van der Waals surface area (Å²) in [7, 11) is 0. The van der Waals surface area contributed by atoms with Gasteiger partial charge in [-0.3, -0.25) is 4.79 Å². The maximum Gasteiger partial charge on any atom is 0.304 e. The summed E-state index contributed by atoms with van der Waals surface area (Å²) in [4.78, 5) is 13.0. The first-order valence-electron chi connectivity index (χ1n) is 7.02. The van der Waals surface area contributed by atoms with Crippen LogP contribution in [0.2, 0.25) is 0 Å². The fraction of sp³-hybridized carbons (Fsp3) is 0.929. The zero-order valence-corrected chi connectivity index (χ0v) is 11.1. The van der Waals surface area contributed by atoms with E-state index >= 15 is 0 Å². The van der Waals surface area contributed by atoms with Crippen molar-refractivity contribution in [2.24, 2.45) is 17.8 Å². The summed E-state index contributed by atoms with van der Waals surface area (Å²) in [5.41, 5.74) is 0. The van der Waals surface area contributed by atoms with Crippen molar-refractivity contribution < 1.29 is 9.90 Å². The van der Waals surface area contributed by atoms with Gasteiger partial charge < -0.3 is 10.0 Å². The summed E-state index contributed by atoms with van der Waals surface area (Å²) >= 11 is 0. The van der Waals surface area contributed by atoms with Crippen LogP contribution < -0.4 is 0 Å². The molecule has 2 aliphatic carbocycles. The van der Waals surface area contributed by atoms with Crippen LogP contribution in [0.1, 0.15) is 46.0 Å². The molecule has 2 fully saturated rings. The van der Waals surface area contributed by atoms with E-state index in [2.05, 4.69) is 18.7 Å². The van der Waals surface area contributed by atoms with Crippen LogP contribution in [0.4, 0.5) is 0 Å². The largest absolute Gasteiger partial charge is 0.481 e. The van der Waals surface area contributed by atoms with Gasteiger partial charge in [0.05, 0.1) is 6.42 Å². The maximum absolute atomic E-state index is 10.7. The van der Waals surface area contributed by atoms with E-state index in [0.717, 1.165) is 24.3 Å². The first-order valence-corrected chi connectivity index (χ1v) is 7.02. The molecule has 0 aliphatic heterocycles. The summed E-state index contributed by atoms with van der Waals surface area (Å²) in [6, 6.07) is 0.466. The van der Waals surface area contributed by atoms with E-state index in [1.54, 1.807) is 0 Å². The quantitative estimate of drug-likeness (QED) is 0.774. The van der Waals surface area contributed by atoms with Gasteiger partial charge in [0.15, 0.2) is 0 Å². The molecule has 2 rings (SSSR count). The molecule has 2 saturated carbocycles. The van der Waals surface area contributed by atoms with Gasteiger partial charge in [0.25, 0.3) is 0 Å². The van der Waals surface area contributed by atoms with Crippen molar-refractivity contribution in [3.8, 4) is 0 Å². The van der Waals surface area contributed by atoms with Crippen LogP contribution in [0, 0.1) is 17.8 Å². The van der Waals surface area contributed by atoms with Crippen LogP contribution in [0.15, 0.2) is 0 Å². The molecule has 0 heterocycles. The van der Waals surface area contributed by atoms with Gasteiger partial charge in [0.2, 0.25) is 0 Å².